The summed E-state index contributed by atoms with van der Waals surface area (Å²) < 4.78 is 18.6. The highest BCUT2D eigenvalue weighted by Gasteiger charge is 2.11. The van der Waals surface area contributed by atoms with Gasteiger partial charge in [0.1, 0.15) is 17.7 Å². The van der Waals surface area contributed by atoms with Crippen LogP contribution in [-0.2, 0) is 12.3 Å². The number of benzene rings is 1. The Morgan fingerprint density at radius 2 is 2.12 bits per heavy atom. The van der Waals surface area contributed by atoms with Crippen LogP contribution in [0, 0.1) is 5.82 Å². The second-order valence-electron chi connectivity index (χ2n) is 5.45. The minimum atomic E-state index is -0.753. The van der Waals surface area contributed by atoms with E-state index in [1.807, 2.05) is 13.2 Å². The third-order valence-electron chi connectivity index (χ3n) is 3.55. The van der Waals surface area contributed by atoms with Crippen molar-refractivity contribution in [2.75, 3.05) is 19.3 Å². The number of hydrogen-bond acceptors (Lipinski definition) is 4. The SMILES string of the molecule is CCNC(=NCc1ccc(F)cc1CSC)NCC(O)c1ccco1.I. The van der Waals surface area contributed by atoms with Gasteiger partial charge in [-0.25, -0.2) is 9.38 Å². The fourth-order valence-electron chi connectivity index (χ4n) is 2.32. The van der Waals surface area contributed by atoms with E-state index in [1.165, 1.54) is 12.3 Å². The summed E-state index contributed by atoms with van der Waals surface area (Å²) in [6.45, 7) is 3.38. The van der Waals surface area contributed by atoms with Gasteiger partial charge in [0.2, 0.25) is 0 Å². The first-order chi connectivity index (χ1) is 12.1. The molecule has 0 aliphatic rings. The summed E-state index contributed by atoms with van der Waals surface area (Å²) >= 11 is 1.64. The van der Waals surface area contributed by atoms with Crippen molar-refractivity contribution in [3.63, 3.8) is 0 Å². The van der Waals surface area contributed by atoms with Crippen LogP contribution in [0.5, 0.6) is 0 Å². The highest BCUT2D eigenvalue weighted by molar-refractivity contribution is 14.0. The summed E-state index contributed by atoms with van der Waals surface area (Å²) in [5.74, 6) is 1.60. The van der Waals surface area contributed by atoms with Gasteiger partial charge in [-0.15, -0.1) is 24.0 Å². The molecular formula is C18H25FIN3O2S. The van der Waals surface area contributed by atoms with Gasteiger partial charge in [0.05, 0.1) is 19.4 Å². The van der Waals surface area contributed by atoms with E-state index in [0.29, 0.717) is 24.8 Å². The summed E-state index contributed by atoms with van der Waals surface area (Å²) in [7, 11) is 0. The zero-order valence-electron chi connectivity index (χ0n) is 14.9. The van der Waals surface area contributed by atoms with Gasteiger partial charge in [-0.3, -0.25) is 0 Å². The zero-order valence-corrected chi connectivity index (χ0v) is 18.0. The second kappa shape index (κ2) is 12.2. The molecule has 0 amide bonds. The predicted molar refractivity (Wildman–Crippen MR) is 116 cm³/mol. The fraction of sp³-hybridized carbons (Fsp3) is 0.389. The number of aliphatic hydroxyl groups excluding tert-OH is 1. The molecule has 0 bridgehead atoms. The van der Waals surface area contributed by atoms with E-state index in [4.69, 9.17) is 4.42 Å². The van der Waals surface area contributed by atoms with Crippen molar-refractivity contribution in [3.8, 4) is 0 Å². The molecule has 0 fully saturated rings. The number of furan rings is 1. The molecule has 0 radical (unpaired) electrons. The van der Waals surface area contributed by atoms with Crippen molar-refractivity contribution in [2.24, 2.45) is 4.99 Å². The van der Waals surface area contributed by atoms with Crippen molar-refractivity contribution >= 4 is 41.7 Å². The number of rotatable bonds is 8. The maximum atomic E-state index is 13.4. The van der Waals surface area contributed by atoms with E-state index >= 15 is 0 Å². The zero-order chi connectivity index (χ0) is 18.1. The van der Waals surface area contributed by atoms with Gasteiger partial charge >= 0.3 is 0 Å². The molecule has 0 saturated carbocycles. The number of nitrogens with zero attached hydrogens (tertiary/aromatic N) is 1. The Labute approximate surface area is 174 Å². The van der Waals surface area contributed by atoms with E-state index in [0.717, 1.165) is 16.9 Å². The summed E-state index contributed by atoms with van der Waals surface area (Å²) in [6, 6.07) is 8.24. The first kappa shape index (κ1) is 22.8. The highest BCUT2D eigenvalue weighted by Crippen LogP contribution is 2.17. The van der Waals surface area contributed by atoms with Gasteiger partial charge in [-0.2, -0.15) is 11.8 Å². The number of thioether (sulfide) groups is 1. The first-order valence-electron chi connectivity index (χ1n) is 8.14. The van der Waals surface area contributed by atoms with Gasteiger partial charge in [-0.1, -0.05) is 6.07 Å². The molecule has 5 nitrogen and oxygen atoms in total. The van der Waals surface area contributed by atoms with Crippen LogP contribution in [0.15, 0.2) is 46.0 Å². The Balaban J connectivity index is 0.00000338. The molecule has 1 unspecified atom stereocenters. The molecule has 0 aliphatic carbocycles. The van der Waals surface area contributed by atoms with Gasteiger partial charge in [0, 0.05) is 12.3 Å². The van der Waals surface area contributed by atoms with Crippen molar-refractivity contribution in [1.29, 1.82) is 0 Å². The Morgan fingerprint density at radius 1 is 1.31 bits per heavy atom. The molecule has 1 aromatic carbocycles. The van der Waals surface area contributed by atoms with Crippen molar-refractivity contribution in [2.45, 2.75) is 25.3 Å². The summed E-state index contributed by atoms with van der Waals surface area (Å²) in [5.41, 5.74) is 1.93. The minimum absolute atomic E-state index is 0. The lowest BCUT2D eigenvalue weighted by Crippen LogP contribution is -2.39. The molecule has 1 atom stereocenters. The first-order valence-corrected chi connectivity index (χ1v) is 9.53. The van der Waals surface area contributed by atoms with Crippen LogP contribution >= 0.6 is 35.7 Å². The van der Waals surface area contributed by atoms with Crippen LogP contribution in [0.4, 0.5) is 4.39 Å². The van der Waals surface area contributed by atoms with E-state index in [1.54, 1.807) is 36.0 Å². The van der Waals surface area contributed by atoms with Crippen molar-refractivity contribution in [3.05, 3.63) is 59.3 Å². The standard InChI is InChI=1S/C18H24FN3O2S.HI/c1-3-20-18(22-11-16(23)17-5-4-8-24-17)21-10-13-6-7-15(19)9-14(13)12-25-2;/h4-9,16,23H,3,10-12H2,1-2H3,(H2,20,21,22);1H. The molecule has 2 rings (SSSR count). The van der Waals surface area contributed by atoms with Gasteiger partial charge < -0.3 is 20.2 Å². The Kier molecular flexibility index (Phi) is 10.7. The van der Waals surface area contributed by atoms with Crippen LogP contribution in [-0.4, -0.2) is 30.4 Å². The topological polar surface area (TPSA) is 69.8 Å². The molecule has 1 aromatic heterocycles. The molecule has 1 heterocycles. The number of aliphatic hydroxyl groups is 1. The predicted octanol–water partition coefficient (Wildman–Crippen LogP) is 3.69. The third kappa shape index (κ3) is 7.16. The van der Waals surface area contributed by atoms with Gasteiger partial charge in [0.15, 0.2) is 5.96 Å². The number of hydrogen-bond donors (Lipinski definition) is 3. The molecule has 144 valence electrons. The lowest BCUT2D eigenvalue weighted by molar-refractivity contribution is 0.153. The quantitative estimate of drug-likeness (QED) is 0.298. The molecule has 8 heteroatoms. The van der Waals surface area contributed by atoms with Gasteiger partial charge in [-0.05, 0) is 48.6 Å². The molecule has 3 N–H and O–H groups in total. The van der Waals surface area contributed by atoms with E-state index < -0.39 is 6.10 Å². The molecule has 26 heavy (non-hydrogen) atoms. The van der Waals surface area contributed by atoms with Crippen LogP contribution < -0.4 is 10.6 Å². The number of halogens is 2. The Bertz CT molecular complexity index is 683. The third-order valence-corrected chi connectivity index (χ3v) is 4.15. The Hall–Kier alpha value is -1.26. The monoisotopic (exact) mass is 493 g/mol. The lowest BCUT2D eigenvalue weighted by atomic mass is 10.1. The number of guanidine groups is 1. The van der Waals surface area contributed by atoms with E-state index in [-0.39, 0.29) is 36.3 Å². The molecule has 0 aliphatic heterocycles. The highest BCUT2D eigenvalue weighted by atomic mass is 127. The summed E-state index contributed by atoms with van der Waals surface area (Å²) in [4.78, 5) is 4.53. The van der Waals surface area contributed by atoms with Crippen molar-refractivity contribution < 1.29 is 13.9 Å². The van der Waals surface area contributed by atoms with Crippen LogP contribution in [0.1, 0.15) is 29.9 Å². The molecular weight excluding hydrogens is 468 g/mol. The molecule has 0 saturated heterocycles. The van der Waals surface area contributed by atoms with Crippen molar-refractivity contribution in [1.82, 2.24) is 10.6 Å². The Morgan fingerprint density at radius 3 is 2.77 bits per heavy atom. The maximum absolute atomic E-state index is 13.4. The number of aliphatic imine (C=N–C) groups is 1. The molecule has 2 aromatic rings. The number of nitrogens with one attached hydrogen (secondary N) is 2. The summed E-state index contributed by atoms with van der Waals surface area (Å²) in [5, 5.41) is 16.3. The smallest absolute Gasteiger partial charge is 0.191 e. The average Bonchev–Trinajstić information content (AvgIpc) is 3.13. The largest absolute Gasteiger partial charge is 0.467 e. The molecule has 0 spiro atoms. The van der Waals surface area contributed by atoms with E-state index in [9.17, 15) is 9.50 Å². The summed E-state index contributed by atoms with van der Waals surface area (Å²) in [6.07, 6.45) is 2.76. The van der Waals surface area contributed by atoms with E-state index in [2.05, 4.69) is 15.6 Å². The van der Waals surface area contributed by atoms with Crippen LogP contribution in [0.2, 0.25) is 0 Å². The van der Waals surface area contributed by atoms with Crippen LogP contribution in [0.25, 0.3) is 0 Å². The van der Waals surface area contributed by atoms with Crippen LogP contribution in [0.3, 0.4) is 0 Å². The van der Waals surface area contributed by atoms with Gasteiger partial charge in [0.25, 0.3) is 0 Å². The maximum Gasteiger partial charge on any atom is 0.191 e. The normalized spacial score (nSPS) is 12.4. The minimum Gasteiger partial charge on any atom is -0.467 e. The lowest BCUT2D eigenvalue weighted by Gasteiger charge is -2.14. The fourth-order valence-corrected chi connectivity index (χ4v) is 2.90. The second-order valence-corrected chi connectivity index (χ2v) is 6.32. The average molecular weight is 493 g/mol.